The van der Waals surface area contributed by atoms with Crippen molar-refractivity contribution in [2.75, 3.05) is 5.32 Å². The van der Waals surface area contributed by atoms with Gasteiger partial charge in [0.1, 0.15) is 0 Å². The highest BCUT2D eigenvalue weighted by molar-refractivity contribution is 9.10. The minimum absolute atomic E-state index is 0.139. The Labute approximate surface area is 126 Å². The summed E-state index contributed by atoms with van der Waals surface area (Å²) >= 11 is 3.50. The van der Waals surface area contributed by atoms with E-state index in [-0.39, 0.29) is 10.6 Å². The molecular weight excluding hydrogens is 320 g/mol. The molecular formula is C15H15BrN2O2. The Morgan fingerprint density at radius 2 is 2.00 bits per heavy atom. The Morgan fingerprint density at radius 3 is 2.65 bits per heavy atom. The fourth-order valence-electron chi connectivity index (χ4n) is 1.96. The number of nitrogens with one attached hydrogen (secondary N) is 1. The highest BCUT2D eigenvalue weighted by atomic mass is 79.9. The molecule has 0 heterocycles. The third-order valence-electron chi connectivity index (χ3n) is 3.22. The first-order valence-electron chi connectivity index (χ1n) is 6.22. The number of halogens is 1. The number of hydrogen-bond donors (Lipinski definition) is 1. The molecule has 0 aliphatic carbocycles. The minimum atomic E-state index is -0.358. The number of nitro benzene ring substituents is 1. The fourth-order valence-corrected chi connectivity index (χ4v) is 2.38. The van der Waals surface area contributed by atoms with E-state index in [4.69, 9.17) is 0 Å². The predicted molar refractivity (Wildman–Crippen MR) is 84.0 cm³/mol. The molecule has 5 heteroatoms. The maximum atomic E-state index is 10.9. The summed E-state index contributed by atoms with van der Waals surface area (Å²) < 4.78 is 1.06. The van der Waals surface area contributed by atoms with Crippen molar-refractivity contribution >= 4 is 27.3 Å². The van der Waals surface area contributed by atoms with Gasteiger partial charge in [0.25, 0.3) is 5.69 Å². The zero-order valence-corrected chi connectivity index (χ0v) is 12.9. The van der Waals surface area contributed by atoms with Gasteiger partial charge < -0.3 is 5.32 Å². The summed E-state index contributed by atoms with van der Waals surface area (Å²) in [5.74, 6) is 0. The van der Waals surface area contributed by atoms with Crippen LogP contribution in [0.25, 0.3) is 0 Å². The van der Waals surface area contributed by atoms with Crippen molar-refractivity contribution in [3.05, 3.63) is 67.7 Å². The average molecular weight is 335 g/mol. The van der Waals surface area contributed by atoms with Crippen molar-refractivity contribution in [2.45, 2.75) is 20.4 Å². The maximum absolute atomic E-state index is 10.9. The summed E-state index contributed by atoms with van der Waals surface area (Å²) in [5.41, 5.74) is 3.88. The van der Waals surface area contributed by atoms with Crippen LogP contribution in [-0.2, 0) is 6.54 Å². The lowest BCUT2D eigenvalue weighted by Crippen LogP contribution is -2.03. The number of aryl methyl sites for hydroxylation is 1. The summed E-state index contributed by atoms with van der Waals surface area (Å²) in [6, 6.07) is 11.2. The fraction of sp³-hybridized carbons (Fsp3) is 0.200. The highest BCUT2D eigenvalue weighted by Gasteiger charge is 2.12. The maximum Gasteiger partial charge on any atom is 0.274 e. The Bertz CT molecular complexity index is 656. The number of nitro groups is 1. The van der Waals surface area contributed by atoms with Crippen LogP contribution in [0.15, 0.2) is 40.9 Å². The van der Waals surface area contributed by atoms with Crippen LogP contribution in [0.2, 0.25) is 0 Å². The van der Waals surface area contributed by atoms with Crippen LogP contribution < -0.4 is 5.32 Å². The number of hydrogen-bond acceptors (Lipinski definition) is 3. The van der Waals surface area contributed by atoms with Crippen LogP contribution in [-0.4, -0.2) is 4.92 Å². The second kappa shape index (κ2) is 6.05. The smallest absolute Gasteiger partial charge is 0.274 e. The van der Waals surface area contributed by atoms with E-state index >= 15 is 0 Å². The van der Waals surface area contributed by atoms with Gasteiger partial charge in [-0.15, -0.1) is 0 Å². The second-order valence-electron chi connectivity index (χ2n) is 4.64. The Kier molecular flexibility index (Phi) is 4.39. The van der Waals surface area contributed by atoms with E-state index in [0.717, 1.165) is 15.7 Å². The summed E-state index contributed by atoms with van der Waals surface area (Å²) in [4.78, 5) is 10.5. The molecule has 2 aromatic carbocycles. The van der Waals surface area contributed by atoms with Crippen LogP contribution in [0.4, 0.5) is 11.4 Å². The standard InChI is InChI=1S/C15H15BrN2O2/c1-10-6-7-12(8-13(10)16)9-17-14-4-3-5-15(11(14)2)18(19)20/h3-8,17H,9H2,1-2H3. The topological polar surface area (TPSA) is 55.2 Å². The lowest BCUT2D eigenvalue weighted by molar-refractivity contribution is -0.385. The van der Waals surface area contributed by atoms with Gasteiger partial charge in [0.2, 0.25) is 0 Å². The quantitative estimate of drug-likeness (QED) is 0.657. The molecule has 0 radical (unpaired) electrons. The van der Waals surface area contributed by atoms with Crippen molar-refractivity contribution in [1.29, 1.82) is 0 Å². The van der Waals surface area contributed by atoms with E-state index in [1.54, 1.807) is 13.0 Å². The van der Waals surface area contributed by atoms with Gasteiger partial charge in [0.15, 0.2) is 0 Å². The Balaban J connectivity index is 2.17. The van der Waals surface area contributed by atoms with Crippen LogP contribution >= 0.6 is 15.9 Å². The van der Waals surface area contributed by atoms with Gasteiger partial charge in [-0.1, -0.05) is 34.1 Å². The predicted octanol–water partition coefficient (Wildman–Crippen LogP) is 4.59. The molecule has 104 valence electrons. The molecule has 0 aromatic heterocycles. The van der Waals surface area contributed by atoms with Crippen molar-refractivity contribution in [3.63, 3.8) is 0 Å². The van der Waals surface area contributed by atoms with E-state index < -0.39 is 0 Å². The number of nitrogens with zero attached hydrogens (tertiary/aromatic N) is 1. The van der Waals surface area contributed by atoms with Crippen molar-refractivity contribution in [1.82, 2.24) is 0 Å². The SMILES string of the molecule is Cc1ccc(CNc2cccc([N+](=O)[O-])c2C)cc1Br. The molecule has 0 bridgehead atoms. The molecule has 2 aromatic rings. The molecule has 20 heavy (non-hydrogen) atoms. The first kappa shape index (κ1) is 14.5. The van der Waals surface area contributed by atoms with E-state index in [9.17, 15) is 10.1 Å². The average Bonchev–Trinajstić information content (AvgIpc) is 2.41. The molecule has 2 rings (SSSR count). The number of rotatable bonds is 4. The van der Waals surface area contributed by atoms with Gasteiger partial charge in [0.05, 0.1) is 4.92 Å². The summed E-state index contributed by atoms with van der Waals surface area (Å²) in [5, 5.41) is 14.1. The lowest BCUT2D eigenvalue weighted by atomic mass is 10.1. The monoisotopic (exact) mass is 334 g/mol. The molecule has 0 amide bonds. The molecule has 0 aliphatic rings. The molecule has 4 nitrogen and oxygen atoms in total. The molecule has 0 fully saturated rings. The Hall–Kier alpha value is -1.88. The van der Waals surface area contributed by atoms with Crippen LogP contribution in [0, 0.1) is 24.0 Å². The highest BCUT2D eigenvalue weighted by Crippen LogP contribution is 2.26. The summed E-state index contributed by atoms with van der Waals surface area (Å²) in [7, 11) is 0. The molecule has 0 saturated heterocycles. The Morgan fingerprint density at radius 1 is 1.25 bits per heavy atom. The van der Waals surface area contributed by atoms with E-state index in [2.05, 4.69) is 27.3 Å². The van der Waals surface area contributed by atoms with Gasteiger partial charge in [0, 0.05) is 28.3 Å². The van der Waals surface area contributed by atoms with Gasteiger partial charge in [-0.25, -0.2) is 0 Å². The third kappa shape index (κ3) is 3.17. The second-order valence-corrected chi connectivity index (χ2v) is 5.50. The van der Waals surface area contributed by atoms with Gasteiger partial charge in [-0.05, 0) is 37.1 Å². The molecule has 0 spiro atoms. The normalized spacial score (nSPS) is 10.3. The summed E-state index contributed by atoms with van der Waals surface area (Å²) in [6.45, 7) is 4.42. The lowest BCUT2D eigenvalue weighted by Gasteiger charge is -2.10. The molecule has 1 N–H and O–H groups in total. The van der Waals surface area contributed by atoms with Crippen molar-refractivity contribution < 1.29 is 4.92 Å². The van der Waals surface area contributed by atoms with Gasteiger partial charge in [-0.3, -0.25) is 10.1 Å². The van der Waals surface area contributed by atoms with Crippen LogP contribution in [0.3, 0.4) is 0 Å². The van der Waals surface area contributed by atoms with Gasteiger partial charge >= 0.3 is 0 Å². The first-order valence-corrected chi connectivity index (χ1v) is 7.01. The molecule has 0 atom stereocenters. The molecule has 0 saturated carbocycles. The van der Waals surface area contributed by atoms with Crippen LogP contribution in [0.1, 0.15) is 16.7 Å². The van der Waals surface area contributed by atoms with E-state index in [1.807, 2.05) is 25.1 Å². The zero-order valence-electron chi connectivity index (χ0n) is 11.3. The number of benzene rings is 2. The third-order valence-corrected chi connectivity index (χ3v) is 4.08. The van der Waals surface area contributed by atoms with Crippen molar-refractivity contribution in [2.24, 2.45) is 0 Å². The molecule has 0 aliphatic heterocycles. The largest absolute Gasteiger partial charge is 0.381 e. The van der Waals surface area contributed by atoms with Gasteiger partial charge in [-0.2, -0.15) is 0 Å². The minimum Gasteiger partial charge on any atom is -0.381 e. The van der Waals surface area contributed by atoms with Crippen LogP contribution in [0.5, 0.6) is 0 Å². The number of anilines is 1. The molecule has 0 unspecified atom stereocenters. The van der Waals surface area contributed by atoms with E-state index in [0.29, 0.717) is 12.1 Å². The van der Waals surface area contributed by atoms with Crippen molar-refractivity contribution in [3.8, 4) is 0 Å². The zero-order chi connectivity index (χ0) is 14.7. The first-order chi connectivity index (χ1) is 9.49. The summed E-state index contributed by atoms with van der Waals surface area (Å²) in [6.07, 6.45) is 0. The van der Waals surface area contributed by atoms with E-state index in [1.165, 1.54) is 11.6 Å².